The van der Waals surface area contributed by atoms with Crippen LogP contribution in [0.2, 0.25) is 0 Å². The Hall–Kier alpha value is -3.14. The van der Waals surface area contributed by atoms with Gasteiger partial charge in [0, 0.05) is 11.9 Å². The van der Waals surface area contributed by atoms with Crippen molar-refractivity contribution in [2.24, 2.45) is 5.92 Å². The molecule has 0 aromatic carbocycles. The quantitative estimate of drug-likeness (QED) is 0.325. The predicted molar refractivity (Wildman–Crippen MR) is 147 cm³/mol. The fourth-order valence-electron chi connectivity index (χ4n) is 3.67. The number of rotatable bonds is 12. The van der Waals surface area contributed by atoms with E-state index in [4.69, 9.17) is 9.72 Å². The van der Waals surface area contributed by atoms with Crippen LogP contribution in [0.5, 0.6) is 5.75 Å². The fourth-order valence-corrected chi connectivity index (χ4v) is 3.67. The molecule has 2 heterocycles. The molecule has 182 valence electrons. The average molecular weight is 460 g/mol. The zero-order chi connectivity index (χ0) is 24.9. The summed E-state index contributed by atoms with van der Waals surface area (Å²) in [5, 5.41) is 3.56. The minimum Gasteiger partial charge on any atom is -0.495 e. The summed E-state index contributed by atoms with van der Waals surface area (Å²) in [6.07, 6.45) is 15.7. The molecule has 0 saturated heterocycles. The summed E-state index contributed by atoms with van der Waals surface area (Å²) in [6, 6.07) is 8.09. The van der Waals surface area contributed by atoms with Crippen molar-refractivity contribution < 1.29 is 4.74 Å². The van der Waals surface area contributed by atoms with E-state index in [0.29, 0.717) is 12.5 Å². The third-order valence-electron chi connectivity index (χ3n) is 6.07. The van der Waals surface area contributed by atoms with Crippen LogP contribution in [-0.4, -0.2) is 17.1 Å². The Morgan fingerprint density at radius 3 is 2.53 bits per heavy atom. The van der Waals surface area contributed by atoms with E-state index in [0.717, 1.165) is 47.8 Å². The second-order valence-corrected chi connectivity index (χ2v) is 8.53. The zero-order valence-corrected chi connectivity index (χ0v) is 22.0. The highest BCUT2D eigenvalue weighted by Gasteiger charge is 2.13. The Morgan fingerprint density at radius 1 is 1.09 bits per heavy atom. The molecule has 0 aliphatic carbocycles. The third-order valence-corrected chi connectivity index (χ3v) is 6.07. The summed E-state index contributed by atoms with van der Waals surface area (Å²) in [7, 11) is 1.68. The lowest BCUT2D eigenvalue weighted by atomic mass is 9.92. The molecule has 0 spiro atoms. The van der Waals surface area contributed by atoms with Gasteiger partial charge in [-0.3, -0.25) is 4.98 Å². The first-order valence-electron chi connectivity index (χ1n) is 12.4. The van der Waals surface area contributed by atoms with Gasteiger partial charge in [-0.05, 0) is 74.4 Å². The molecule has 0 fully saturated rings. The highest BCUT2D eigenvalue weighted by atomic mass is 16.5. The van der Waals surface area contributed by atoms with E-state index in [9.17, 15) is 0 Å². The van der Waals surface area contributed by atoms with Gasteiger partial charge >= 0.3 is 0 Å². The van der Waals surface area contributed by atoms with E-state index >= 15 is 0 Å². The van der Waals surface area contributed by atoms with Crippen LogP contribution in [0.4, 0.5) is 5.69 Å². The van der Waals surface area contributed by atoms with Crippen molar-refractivity contribution in [3.63, 3.8) is 0 Å². The number of anilines is 1. The van der Waals surface area contributed by atoms with Crippen molar-refractivity contribution in [1.82, 2.24) is 9.97 Å². The van der Waals surface area contributed by atoms with E-state index in [1.54, 1.807) is 13.3 Å². The summed E-state index contributed by atoms with van der Waals surface area (Å²) in [5.74, 6) is 1.26. The minimum absolute atomic E-state index is 0.474. The van der Waals surface area contributed by atoms with Crippen LogP contribution in [0.15, 0.2) is 66.4 Å². The van der Waals surface area contributed by atoms with Gasteiger partial charge in [0.1, 0.15) is 11.4 Å². The summed E-state index contributed by atoms with van der Waals surface area (Å²) < 4.78 is 5.48. The van der Waals surface area contributed by atoms with Gasteiger partial charge in [-0.15, -0.1) is 0 Å². The van der Waals surface area contributed by atoms with Crippen LogP contribution in [0.3, 0.4) is 0 Å². The van der Waals surface area contributed by atoms with E-state index in [2.05, 4.69) is 94.4 Å². The van der Waals surface area contributed by atoms with E-state index < -0.39 is 0 Å². The summed E-state index contributed by atoms with van der Waals surface area (Å²) in [6.45, 7) is 13.7. The maximum atomic E-state index is 5.48. The van der Waals surface area contributed by atoms with Crippen molar-refractivity contribution >= 4 is 16.8 Å². The number of nitrogens with zero attached hydrogens (tertiary/aromatic N) is 2. The van der Waals surface area contributed by atoms with E-state index in [-0.39, 0.29) is 0 Å². The maximum Gasteiger partial charge on any atom is 0.142 e. The Morgan fingerprint density at radius 2 is 1.85 bits per heavy atom. The highest BCUT2D eigenvalue weighted by molar-refractivity contribution is 5.78. The zero-order valence-electron chi connectivity index (χ0n) is 22.0. The van der Waals surface area contributed by atoms with Gasteiger partial charge < -0.3 is 10.1 Å². The molecule has 2 aromatic rings. The first kappa shape index (κ1) is 27.1. The van der Waals surface area contributed by atoms with E-state index in [1.165, 1.54) is 16.7 Å². The molecule has 4 heteroatoms. The van der Waals surface area contributed by atoms with Crippen molar-refractivity contribution in [3.8, 4) is 5.75 Å². The molecular formula is C30H41N3O. The van der Waals surface area contributed by atoms with Crippen molar-refractivity contribution in [3.05, 3.63) is 83.5 Å². The van der Waals surface area contributed by atoms with Crippen molar-refractivity contribution in [1.29, 1.82) is 0 Å². The number of allylic oxidation sites excluding steroid dienone is 8. The van der Waals surface area contributed by atoms with Crippen LogP contribution < -0.4 is 10.1 Å². The molecule has 0 aliphatic heterocycles. The molecule has 0 amide bonds. The molecular weight excluding hydrogens is 418 g/mol. The normalized spacial score (nSPS) is 13.9. The SMILES string of the molecule is CCC=C(C)c1cc(NCc2ncccc2OC)cc(C(/C=C\C=C\CC)=C(/C)C(C)CC)n1. The Balaban J connectivity index is 2.57. The summed E-state index contributed by atoms with van der Waals surface area (Å²) in [4.78, 5) is 9.58. The van der Waals surface area contributed by atoms with Crippen LogP contribution in [0, 0.1) is 5.92 Å². The third kappa shape index (κ3) is 7.72. The molecule has 1 N–H and O–H groups in total. The monoisotopic (exact) mass is 459 g/mol. The molecule has 1 atom stereocenters. The topological polar surface area (TPSA) is 47.0 Å². The lowest BCUT2D eigenvalue weighted by Gasteiger charge is -2.17. The van der Waals surface area contributed by atoms with Gasteiger partial charge in [0.25, 0.3) is 0 Å². The van der Waals surface area contributed by atoms with Crippen LogP contribution >= 0.6 is 0 Å². The first-order valence-corrected chi connectivity index (χ1v) is 12.4. The molecule has 34 heavy (non-hydrogen) atoms. The van der Waals surface area contributed by atoms with Crippen LogP contribution in [0.1, 0.15) is 77.9 Å². The Kier molecular flexibility index (Phi) is 11.3. The van der Waals surface area contributed by atoms with Gasteiger partial charge in [0.15, 0.2) is 0 Å². The molecule has 1 unspecified atom stereocenters. The van der Waals surface area contributed by atoms with Crippen molar-refractivity contribution in [2.75, 3.05) is 12.4 Å². The maximum absolute atomic E-state index is 5.48. The van der Waals surface area contributed by atoms with Crippen LogP contribution in [0.25, 0.3) is 11.1 Å². The highest BCUT2D eigenvalue weighted by Crippen LogP contribution is 2.30. The minimum atomic E-state index is 0.474. The largest absolute Gasteiger partial charge is 0.495 e. The molecule has 0 saturated carbocycles. The van der Waals surface area contributed by atoms with Crippen molar-refractivity contribution in [2.45, 2.75) is 67.3 Å². The first-order chi connectivity index (χ1) is 16.4. The molecule has 0 radical (unpaired) electrons. The molecule has 0 aliphatic rings. The van der Waals surface area contributed by atoms with Crippen LogP contribution in [-0.2, 0) is 6.54 Å². The van der Waals surface area contributed by atoms with Gasteiger partial charge in [-0.1, -0.05) is 63.6 Å². The lowest BCUT2D eigenvalue weighted by Crippen LogP contribution is -2.06. The number of hydrogen-bond donors (Lipinski definition) is 1. The number of ether oxygens (including phenoxy) is 1. The summed E-state index contributed by atoms with van der Waals surface area (Å²) in [5.41, 5.74) is 7.57. The van der Waals surface area contributed by atoms with Gasteiger partial charge in [-0.2, -0.15) is 0 Å². The molecule has 2 rings (SSSR count). The Bertz CT molecular complexity index is 1050. The second kappa shape index (κ2) is 14.2. The van der Waals surface area contributed by atoms with Gasteiger partial charge in [0.2, 0.25) is 0 Å². The fraction of sp³-hybridized carbons (Fsp3) is 0.400. The smallest absolute Gasteiger partial charge is 0.142 e. The molecule has 4 nitrogen and oxygen atoms in total. The Labute approximate surface area is 206 Å². The number of nitrogens with one attached hydrogen (secondary N) is 1. The second-order valence-electron chi connectivity index (χ2n) is 8.53. The van der Waals surface area contributed by atoms with Gasteiger partial charge in [0.05, 0.1) is 25.0 Å². The number of methoxy groups -OCH3 is 1. The molecule has 2 aromatic heterocycles. The number of aromatic nitrogens is 2. The van der Waals surface area contributed by atoms with Gasteiger partial charge in [-0.25, -0.2) is 4.98 Å². The molecule has 0 bridgehead atoms. The summed E-state index contributed by atoms with van der Waals surface area (Å²) >= 11 is 0. The lowest BCUT2D eigenvalue weighted by molar-refractivity contribution is 0.407. The standard InChI is InChI=1S/C30H41N3O/c1-8-11-12-13-16-26(24(6)22(4)10-3)28-20-25(19-27(33-28)23(5)15-9-2)32-21-29-30(34-7)17-14-18-31-29/h11-20,22H,8-10,21H2,1-7H3,(H,32,33)/b12-11+,16-13-,23-15?,26-24-. The number of hydrogen-bond acceptors (Lipinski definition) is 4. The number of pyridine rings is 2. The van der Waals surface area contributed by atoms with E-state index in [1.807, 2.05) is 12.1 Å². The average Bonchev–Trinajstić information content (AvgIpc) is 2.86. The predicted octanol–water partition coefficient (Wildman–Crippen LogP) is 8.25.